The number of nitrogens with zero attached hydrogens (tertiary/aromatic N) is 2. The molecule has 3 aromatic rings. The van der Waals surface area contributed by atoms with E-state index in [0.29, 0.717) is 5.69 Å². The van der Waals surface area contributed by atoms with Gasteiger partial charge in [-0.25, -0.2) is 0 Å². The molecule has 3 rings (SSSR count). The Morgan fingerprint density at radius 2 is 1.00 bits per heavy atom. The topological polar surface area (TPSA) is 34.6 Å². The van der Waals surface area contributed by atoms with Gasteiger partial charge in [-0.1, -0.05) is 0 Å². The van der Waals surface area contributed by atoms with Crippen LogP contribution in [0.4, 0.5) is 32.0 Å². The van der Waals surface area contributed by atoms with Crippen molar-refractivity contribution in [3.63, 3.8) is 0 Å². The third-order valence-corrected chi connectivity index (χ3v) is 4.09. The van der Waals surface area contributed by atoms with Gasteiger partial charge in [0.25, 0.3) is 0 Å². The highest BCUT2D eigenvalue weighted by molar-refractivity contribution is 5.51. The van der Waals surface area contributed by atoms with Crippen LogP contribution in [0.1, 0.15) is 11.1 Å². The maximum absolute atomic E-state index is 12.7. The quantitative estimate of drug-likeness (QED) is 0.409. The van der Waals surface area contributed by atoms with Crippen LogP contribution in [-0.2, 0) is 12.4 Å². The molecule has 10 heteroatoms. The van der Waals surface area contributed by atoms with E-state index in [4.69, 9.17) is 9.47 Å². The smallest absolute Gasteiger partial charge is 0.416 e. The van der Waals surface area contributed by atoms with Crippen LogP contribution >= 0.6 is 0 Å². The summed E-state index contributed by atoms with van der Waals surface area (Å²) in [4.78, 5) is 5.84. The van der Waals surface area contributed by atoms with E-state index in [-0.39, 0.29) is 23.3 Å². The molecule has 0 amide bonds. The van der Waals surface area contributed by atoms with Gasteiger partial charge in [0.2, 0.25) is 11.8 Å². The summed E-state index contributed by atoms with van der Waals surface area (Å²) in [5, 5.41) is 0. The Morgan fingerprint density at radius 3 is 1.29 bits per heavy atom. The van der Waals surface area contributed by atoms with Gasteiger partial charge in [0.05, 0.1) is 11.1 Å². The number of hydrogen-bond donors (Lipinski definition) is 0. The average molecular weight is 442 g/mol. The van der Waals surface area contributed by atoms with Crippen LogP contribution in [0.15, 0.2) is 60.7 Å². The Balaban J connectivity index is 1.84. The SMILES string of the molecule is CN(C)c1cc(Oc2ccc(C(F)(F)F)cc2)nc(Oc2ccc(C(F)(F)F)cc2)c1. The highest BCUT2D eigenvalue weighted by Crippen LogP contribution is 2.34. The molecule has 0 saturated heterocycles. The predicted molar refractivity (Wildman–Crippen MR) is 102 cm³/mol. The van der Waals surface area contributed by atoms with Crippen molar-refractivity contribution in [1.82, 2.24) is 4.98 Å². The molecule has 0 radical (unpaired) electrons. The molecule has 0 unspecified atom stereocenters. The summed E-state index contributed by atoms with van der Waals surface area (Å²) in [5.74, 6) is 0.314. The number of anilines is 1. The summed E-state index contributed by atoms with van der Waals surface area (Å²) in [6.45, 7) is 0. The van der Waals surface area contributed by atoms with Crippen LogP contribution in [-0.4, -0.2) is 19.1 Å². The molecular formula is C21H16F6N2O2. The maximum atomic E-state index is 12.7. The fourth-order valence-corrected chi connectivity index (χ4v) is 2.50. The first-order valence-electron chi connectivity index (χ1n) is 8.81. The minimum absolute atomic E-state index is 0.0351. The Kier molecular flexibility index (Phi) is 6.01. The van der Waals surface area contributed by atoms with Crippen LogP contribution < -0.4 is 14.4 Å². The highest BCUT2D eigenvalue weighted by Gasteiger charge is 2.30. The van der Waals surface area contributed by atoms with Gasteiger partial charge in [-0.2, -0.15) is 31.3 Å². The lowest BCUT2D eigenvalue weighted by Gasteiger charge is -2.16. The van der Waals surface area contributed by atoms with Crippen LogP contribution in [0, 0.1) is 0 Å². The molecule has 0 aliphatic carbocycles. The summed E-state index contributed by atoms with van der Waals surface area (Å²) < 4.78 is 87.3. The van der Waals surface area contributed by atoms with Crippen LogP contribution in [0.25, 0.3) is 0 Å². The largest absolute Gasteiger partial charge is 0.439 e. The minimum Gasteiger partial charge on any atom is -0.439 e. The molecule has 0 saturated carbocycles. The van der Waals surface area contributed by atoms with Gasteiger partial charge in [-0.3, -0.25) is 0 Å². The first-order chi connectivity index (χ1) is 14.4. The van der Waals surface area contributed by atoms with E-state index in [0.717, 1.165) is 48.5 Å². The van der Waals surface area contributed by atoms with Crippen molar-refractivity contribution >= 4 is 5.69 Å². The fourth-order valence-electron chi connectivity index (χ4n) is 2.50. The van der Waals surface area contributed by atoms with Gasteiger partial charge in [0.1, 0.15) is 11.5 Å². The van der Waals surface area contributed by atoms with Gasteiger partial charge in [-0.15, -0.1) is 0 Å². The molecule has 1 aromatic heterocycles. The molecule has 164 valence electrons. The highest BCUT2D eigenvalue weighted by atomic mass is 19.4. The zero-order valence-corrected chi connectivity index (χ0v) is 16.3. The lowest BCUT2D eigenvalue weighted by molar-refractivity contribution is -0.138. The van der Waals surface area contributed by atoms with E-state index in [1.165, 1.54) is 12.1 Å². The number of benzene rings is 2. The number of halogens is 6. The fraction of sp³-hybridized carbons (Fsp3) is 0.190. The Labute approximate surface area is 173 Å². The van der Waals surface area contributed by atoms with Crippen LogP contribution in [0.5, 0.6) is 23.3 Å². The van der Waals surface area contributed by atoms with Crippen molar-refractivity contribution in [3.05, 3.63) is 71.8 Å². The summed E-state index contributed by atoms with van der Waals surface area (Å²) >= 11 is 0. The van der Waals surface area contributed by atoms with Gasteiger partial charge >= 0.3 is 12.4 Å². The normalized spacial score (nSPS) is 11.9. The number of ether oxygens (including phenoxy) is 2. The van der Waals surface area contributed by atoms with E-state index in [1.54, 1.807) is 19.0 Å². The summed E-state index contributed by atoms with van der Waals surface area (Å²) in [6, 6.07) is 11.2. The van der Waals surface area contributed by atoms with Crippen molar-refractivity contribution in [2.45, 2.75) is 12.4 Å². The first kappa shape index (κ1) is 22.3. The monoisotopic (exact) mass is 442 g/mol. The molecule has 4 nitrogen and oxygen atoms in total. The van der Waals surface area contributed by atoms with Crippen molar-refractivity contribution in [2.75, 3.05) is 19.0 Å². The summed E-state index contributed by atoms with van der Waals surface area (Å²) in [6.07, 6.45) is -8.94. The lowest BCUT2D eigenvalue weighted by Crippen LogP contribution is -2.09. The van der Waals surface area contributed by atoms with Crippen molar-refractivity contribution in [1.29, 1.82) is 0 Å². The second kappa shape index (κ2) is 8.37. The molecule has 0 atom stereocenters. The molecule has 0 aliphatic heterocycles. The molecule has 1 heterocycles. The van der Waals surface area contributed by atoms with E-state index < -0.39 is 23.5 Å². The lowest BCUT2D eigenvalue weighted by atomic mass is 10.2. The number of rotatable bonds is 5. The number of alkyl halides is 6. The van der Waals surface area contributed by atoms with Gasteiger partial charge in [0.15, 0.2) is 0 Å². The van der Waals surface area contributed by atoms with Crippen molar-refractivity contribution in [3.8, 4) is 23.3 Å². The van der Waals surface area contributed by atoms with Crippen molar-refractivity contribution < 1.29 is 35.8 Å². The molecule has 0 N–H and O–H groups in total. The molecular weight excluding hydrogens is 426 g/mol. The number of pyridine rings is 1. The predicted octanol–water partition coefficient (Wildman–Crippen LogP) is 6.77. The summed E-state index contributed by atoms with van der Waals surface area (Å²) in [5.41, 5.74) is -1.04. The standard InChI is InChI=1S/C21H16F6N2O2/c1-29(2)15-11-18(30-16-7-3-13(4-8-16)20(22,23)24)28-19(12-15)31-17-9-5-14(6-10-17)21(25,26)27/h3-12H,1-2H3. The second-order valence-corrected chi connectivity index (χ2v) is 6.64. The van der Waals surface area contributed by atoms with Crippen molar-refractivity contribution in [2.24, 2.45) is 0 Å². The Morgan fingerprint density at radius 1 is 0.645 bits per heavy atom. The number of hydrogen-bond acceptors (Lipinski definition) is 4. The van der Waals surface area contributed by atoms with Gasteiger partial charge < -0.3 is 14.4 Å². The second-order valence-electron chi connectivity index (χ2n) is 6.64. The van der Waals surface area contributed by atoms with E-state index in [2.05, 4.69) is 4.98 Å². The van der Waals surface area contributed by atoms with Crippen LogP contribution in [0.2, 0.25) is 0 Å². The molecule has 0 spiro atoms. The van der Waals surface area contributed by atoms with E-state index in [1.807, 2.05) is 0 Å². The molecule has 0 aliphatic rings. The summed E-state index contributed by atoms with van der Waals surface area (Å²) in [7, 11) is 3.47. The Hall–Kier alpha value is -3.43. The van der Waals surface area contributed by atoms with E-state index >= 15 is 0 Å². The first-order valence-corrected chi connectivity index (χ1v) is 8.81. The Bertz CT molecular complexity index is 952. The average Bonchev–Trinajstić information content (AvgIpc) is 2.67. The zero-order chi connectivity index (χ0) is 22.8. The van der Waals surface area contributed by atoms with Gasteiger partial charge in [-0.05, 0) is 48.5 Å². The van der Waals surface area contributed by atoms with E-state index in [9.17, 15) is 26.3 Å². The molecule has 31 heavy (non-hydrogen) atoms. The third kappa shape index (κ3) is 5.80. The molecule has 0 bridgehead atoms. The molecule has 0 fully saturated rings. The third-order valence-electron chi connectivity index (χ3n) is 4.09. The number of aromatic nitrogens is 1. The van der Waals surface area contributed by atoms with Crippen LogP contribution in [0.3, 0.4) is 0 Å². The minimum atomic E-state index is -4.47. The molecule has 2 aromatic carbocycles. The van der Waals surface area contributed by atoms with Gasteiger partial charge in [0, 0.05) is 31.9 Å². The maximum Gasteiger partial charge on any atom is 0.416 e. The zero-order valence-electron chi connectivity index (χ0n) is 16.3.